The lowest BCUT2D eigenvalue weighted by atomic mass is 9.98. The molecular formula is C16H20F3N3O2. The number of hydrogen-bond donors (Lipinski definition) is 1. The van der Waals surface area contributed by atoms with Crippen molar-refractivity contribution in [2.24, 2.45) is 0 Å². The van der Waals surface area contributed by atoms with Gasteiger partial charge in [-0.05, 0) is 39.8 Å². The second-order valence-electron chi connectivity index (χ2n) is 5.82. The van der Waals surface area contributed by atoms with Gasteiger partial charge in [0.25, 0.3) is 0 Å². The number of aromatic nitrogens is 2. The molecule has 0 bridgehead atoms. The number of furan rings is 1. The van der Waals surface area contributed by atoms with Crippen molar-refractivity contribution in [3.8, 4) is 0 Å². The van der Waals surface area contributed by atoms with Crippen molar-refractivity contribution in [2.45, 2.75) is 52.4 Å². The molecule has 132 valence electrons. The van der Waals surface area contributed by atoms with Gasteiger partial charge in [0, 0.05) is 11.3 Å². The molecule has 2 atom stereocenters. The molecule has 0 aromatic carbocycles. The molecule has 0 aliphatic carbocycles. The van der Waals surface area contributed by atoms with Gasteiger partial charge in [0.1, 0.15) is 12.3 Å². The number of alkyl halides is 3. The molecular weight excluding hydrogens is 323 g/mol. The third kappa shape index (κ3) is 3.98. The highest BCUT2D eigenvalue weighted by molar-refractivity contribution is 5.84. The molecule has 2 aromatic heterocycles. The van der Waals surface area contributed by atoms with Gasteiger partial charge >= 0.3 is 6.18 Å². The Morgan fingerprint density at radius 2 is 2.04 bits per heavy atom. The largest absolute Gasteiger partial charge is 0.467 e. The number of hydrogen-bond acceptors (Lipinski definition) is 3. The molecule has 0 radical (unpaired) electrons. The van der Waals surface area contributed by atoms with E-state index in [1.807, 2.05) is 0 Å². The number of carbonyl (C=O) groups is 1. The van der Waals surface area contributed by atoms with Crippen molar-refractivity contribution in [2.75, 3.05) is 0 Å². The number of halogens is 3. The predicted molar refractivity (Wildman–Crippen MR) is 81.4 cm³/mol. The molecule has 1 N–H and O–H groups in total. The van der Waals surface area contributed by atoms with Crippen molar-refractivity contribution in [3.63, 3.8) is 0 Å². The number of nitrogens with one attached hydrogen (secondary N) is 1. The first-order chi connectivity index (χ1) is 11.1. The quantitative estimate of drug-likeness (QED) is 0.902. The van der Waals surface area contributed by atoms with Gasteiger partial charge in [-0.3, -0.25) is 9.48 Å². The molecule has 0 spiro atoms. The minimum absolute atomic E-state index is 0.295. The van der Waals surface area contributed by atoms with Gasteiger partial charge in [-0.25, -0.2) is 0 Å². The van der Waals surface area contributed by atoms with E-state index in [4.69, 9.17) is 4.42 Å². The summed E-state index contributed by atoms with van der Waals surface area (Å²) >= 11 is 0. The van der Waals surface area contributed by atoms with Crippen molar-refractivity contribution in [3.05, 3.63) is 41.1 Å². The zero-order valence-corrected chi connectivity index (χ0v) is 13.9. The van der Waals surface area contributed by atoms with Crippen LogP contribution >= 0.6 is 0 Å². The zero-order chi connectivity index (χ0) is 18.1. The molecule has 24 heavy (non-hydrogen) atoms. The summed E-state index contributed by atoms with van der Waals surface area (Å²) in [5.74, 6) is -0.308. The lowest BCUT2D eigenvalue weighted by molar-refractivity contribution is -0.143. The Morgan fingerprint density at radius 1 is 1.38 bits per heavy atom. The smallest absolute Gasteiger partial charge is 0.408 e. The van der Waals surface area contributed by atoms with Crippen LogP contribution in [0, 0.1) is 13.8 Å². The van der Waals surface area contributed by atoms with E-state index in [1.165, 1.54) is 6.26 Å². The van der Waals surface area contributed by atoms with E-state index in [9.17, 15) is 18.0 Å². The number of aryl methyl sites for hydroxylation is 1. The van der Waals surface area contributed by atoms with Crippen LogP contribution in [0.5, 0.6) is 0 Å². The normalized spacial score (nSPS) is 14.5. The maximum absolute atomic E-state index is 12.6. The van der Waals surface area contributed by atoms with Crippen LogP contribution in [0.15, 0.2) is 22.8 Å². The van der Waals surface area contributed by atoms with Gasteiger partial charge in [0.2, 0.25) is 5.91 Å². The monoisotopic (exact) mass is 343 g/mol. The van der Waals surface area contributed by atoms with Crippen molar-refractivity contribution in [1.29, 1.82) is 0 Å². The Morgan fingerprint density at radius 3 is 2.58 bits per heavy atom. The first-order valence-corrected chi connectivity index (χ1v) is 7.54. The SMILES string of the molecule is Cc1nn(CC(F)(F)F)c(C)c1[C@@H](C)C(=O)N[C@H](C)c1ccco1. The molecule has 1 amide bonds. The lowest BCUT2D eigenvalue weighted by Gasteiger charge is -2.17. The Kier molecular flexibility index (Phi) is 5.05. The maximum atomic E-state index is 12.6. The van der Waals surface area contributed by atoms with E-state index in [-0.39, 0.29) is 11.9 Å². The molecule has 2 heterocycles. The van der Waals surface area contributed by atoms with Gasteiger partial charge < -0.3 is 9.73 Å². The minimum atomic E-state index is -4.36. The first-order valence-electron chi connectivity index (χ1n) is 7.54. The summed E-state index contributed by atoms with van der Waals surface area (Å²) in [6.45, 7) is 5.40. The van der Waals surface area contributed by atoms with Crippen LogP contribution in [-0.4, -0.2) is 21.9 Å². The van der Waals surface area contributed by atoms with E-state index >= 15 is 0 Å². The van der Waals surface area contributed by atoms with E-state index in [0.717, 1.165) is 4.68 Å². The van der Waals surface area contributed by atoms with E-state index in [1.54, 1.807) is 39.8 Å². The van der Waals surface area contributed by atoms with Gasteiger partial charge in [-0.2, -0.15) is 18.3 Å². The van der Waals surface area contributed by atoms with Crippen LogP contribution in [0.25, 0.3) is 0 Å². The van der Waals surface area contributed by atoms with Gasteiger partial charge in [0.15, 0.2) is 0 Å². The maximum Gasteiger partial charge on any atom is 0.408 e. The molecule has 0 aliphatic rings. The third-order valence-corrected chi connectivity index (χ3v) is 3.92. The summed E-state index contributed by atoms with van der Waals surface area (Å²) in [5.41, 5.74) is 1.28. The van der Waals surface area contributed by atoms with E-state index in [2.05, 4.69) is 10.4 Å². The Balaban J connectivity index is 2.17. The van der Waals surface area contributed by atoms with Gasteiger partial charge in [0.05, 0.1) is 23.9 Å². The van der Waals surface area contributed by atoms with Crippen LogP contribution in [0.2, 0.25) is 0 Å². The first kappa shape index (κ1) is 18.1. The third-order valence-electron chi connectivity index (χ3n) is 3.92. The molecule has 0 unspecified atom stereocenters. The lowest BCUT2D eigenvalue weighted by Crippen LogP contribution is -2.30. The fourth-order valence-electron chi connectivity index (χ4n) is 2.74. The van der Waals surface area contributed by atoms with Crippen molar-refractivity contribution >= 4 is 5.91 Å². The average Bonchev–Trinajstić information content (AvgIpc) is 3.06. The van der Waals surface area contributed by atoms with Gasteiger partial charge in [-0.1, -0.05) is 0 Å². The molecule has 5 nitrogen and oxygen atoms in total. The van der Waals surface area contributed by atoms with Crippen molar-refractivity contribution < 1.29 is 22.4 Å². The molecule has 0 saturated carbocycles. The standard InChI is InChI=1S/C16H20F3N3O2/c1-9(15(23)20-10(2)13-6-5-7-24-13)14-11(3)21-22(12(14)4)8-16(17,18)19/h5-7,9-10H,8H2,1-4H3,(H,20,23)/t9-,10-/m1/s1. The summed E-state index contributed by atoms with van der Waals surface area (Å²) in [5, 5.41) is 6.73. The summed E-state index contributed by atoms with van der Waals surface area (Å²) in [6, 6.07) is 3.13. The van der Waals surface area contributed by atoms with Crippen LogP contribution < -0.4 is 5.32 Å². The molecule has 0 saturated heterocycles. The molecule has 0 fully saturated rings. The van der Waals surface area contributed by atoms with Crippen LogP contribution in [0.4, 0.5) is 13.2 Å². The topological polar surface area (TPSA) is 60.1 Å². The summed E-state index contributed by atoms with van der Waals surface area (Å²) < 4.78 is 43.9. The zero-order valence-electron chi connectivity index (χ0n) is 13.9. The van der Waals surface area contributed by atoms with Crippen LogP contribution in [0.3, 0.4) is 0 Å². The van der Waals surface area contributed by atoms with Crippen molar-refractivity contribution in [1.82, 2.24) is 15.1 Å². The average molecular weight is 343 g/mol. The molecule has 2 aromatic rings. The Labute approximate surface area is 137 Å². The summed E-state index contributed by atoms with van der Waals surface area (Å²) in [7, 11) is 0. The van der Waals surface area contributed by atoms with Gasteiger partial charge in [-0.15, -0.1) is 0 Å². The van der Waals surface area contributed by atoms with E-state index < -0.39 is 18.6 Å². The highest BCUT2D eigenvalue weighted by Gasteiger charge is 2.32. The second kappa shape index (κ2) is 6.70. The number of nitrogens with zero attached hydrogens (tertiary/aromatic N) is 2. The fraction of sp³-hybridized carbons (Fsp3) is 0.500. The fourth-order valence-corrected chi connectivity index (χ4v) is 2.74. The highest BCUT2D eigenvalue weighted by atomic mass is 19.4. The van der Waals surface area contributed by atoms with E-state index in [0.29, 0.717) is 22.7 Å². The van der Waals surface area contributed by atoms with Crippen LogP contribution in [-0.2, 0) is 11.3 Å². The Bertz CT molecular complexity index is 705. The van der Waals surface area contributed by atoms with Crippen LogP contribution in [0.1, 0.15) is 48.5 Å². The molecule has 0 aliphatic heterocycles. The predicted octanol–water partition coefficient (Wildman–Crippen LogP) is 3.64. The number of carbonyl (C=O) groups excluding carboxylic acids is 1. The Hall–Kier alpha value is -2.25. The minimum Gasteiger partial charge on any atom is -0.467 e. The summed E-state index contributed by atoms with van der Waals surface area (Å²) in [6.07, 6.45) is -2.85. The molecule has 8 heteroatoms. The molecule has 2 rings (SSSR count). The number of rotatable bonds is 5. The second-order valence-corrected chi connectivity index (χ2v) is 5.82. The highest BCUT2D eigenvalue weighted by Crippen LogP contribution is 2.27. The number of amides is 1. The summed E-state index contributed by atoms with van der Waals surface area (Å²) in [4.78, 5) is 12.4.